The van der Waals surface area contributed by atoms with Crippen LogP contribution in [-0.2, 0) is 9.84 Å². The lowest BCUT2D eigenvalue weighted by Gasteiger charge is -2.07. The van der Waals surface area contributed by atoms with E-state index < -0.39 is 9.84 Å². The van der Waals surface area contributed by atoms with Gasteiger partial charge in [0.1, 0.15) is 21.1 Å². The van der Waals surface area contributed by atoms with Gasteiger partial charge in [-0.25, -0.2) is 13.4 Å². The Kier molecular flexibility index (Phi) is 3.84. The number of nitrogens with zero attached hydrogens (tertiary/aromatic N) is 1. The molecule has 7 heteroatoms. The van der Waals surface area contributed by atoms with Crippen LogP contribution in [0.15, 0.2) is 28.4 Å². The summed E-state index contributed by atoms with van der Waals surface area (Å²) in [6.45, 7) is 0. The SMILES string of the molecule is CS(=O)(=O)CCC(N)c1csc(-c2ccoc2)n1. The van der Waals surface area contributed by atoms with E-state index in [4.69, 9.17) is 10.2 Å². The number of furan rings is 1. The van der Waals surface area contributed by atoms with Crippen molar-refractivity contribution in [2.45, 2.75) is 12.5 Å². The van der Waals surface area contributed by atoms with E-state index in [-0.39, 0.29) is 11.8 Å². The van der Waals surface area contributed by atoms with Crippen molar-refractivity contribution >= 4 is 21.2 Å². The van der Waals surface area contributed by atoms with Gasteiger partial charge in [0.2, 0.25) is 0 Å². The van der Waals surface area contributed by atoms with Crippen LogP contribution in [0.2, 0.25) is 0 Å². The van der Waals surface area contributed by atoms with Crippen molar-refractivity contribution in [2.75, 3.05) is 12.0 Å². The first kappa shape index (κ1) is 13.3. The number of nitrogens with two attached hydrogens (primary N) is 1. The summed E-state index contributed by atoms with van der Waals surface area (Å²) in [4.78, 5) is 4.39. The number of thiazole rings is 1. The van der Waals surface area contributed by atoms with Gasteiger partial charge in [-0.05, 0) is 12.5 Å². The maximum absolute atomic E-state index is 11.1. The average Bonchev–Trinajstić information content (AvgIpc) is 2.94. The van der Waals surface area contributed by atoms with Crippen molar-refractivity contribution in [1.29, 1.82) is 0 Å². The minimum Gasteiger partial charge on any atom is -0.472 e. The molecule has 1 unspecified atom stereocenters. The summed E-state index contributed by atoms with van der Waals surface area (Å²) < 4.78 is 27.1. The molecular formula is C11H14N2O3S2. The number of hydrogen-bond acceptors (Lipinski definition) is 6. The van der Waals surface area contributed by atoms with Gasteiger partial charge in [-0.3, -0.25) is 0 Å². The van der Waals surface area contributed by atoms with Crippen molar-refractivity contribution in [3.63, 3.8) is 0 Å². The van der Waals surface area contributed by atoms with Crippen LogP contribution < -0.4 is 5.73 Å². The molecule has 0 aromatic carbocycles. The Labute approximate surface area is 110 Å². The molecule has 0 aliphatic rings. The highest BCUT2D eigenvalue weighted by molar-refractivity contribution is 7.90. The zero-order valence-corrected chi connectivity index (χ0v) is 11.5. The number of hydrogen-bond donors (Lipinski definition) is 1. The quantitative estimate of drug-likeness (QED) is 0.906. The van der Waals surface area contributed by atoms with Gasteiger partial charge in [0.25, 0.3) is 0 Å². The fourth-order valence-corrected chi connectivity index (χ4v) is 3.02. The first-order chi connectivity index (χ1) is 8.46. The fraction of sp³-hybridized carbons (Fsp3) is 0.364. The minimum absolute atomic E-state index is 0.0761. The van der Waals surface area contributed by atoms with Crippen molar-refractivity contribution in [2.24, 2.45) is 5.73 Å². The van der Waals surface area contributed by atoms with Crippen molar-refractivity contribution < 1.29 is 12.8 Å². The molecule has 0 amide bonds. The third-order valence-corrected chi connectivity index (χ3v) is 4.36. The van der Waals surface area contributed by atoms with Crippen LogP contribution in [0.1, 0.15) is 18.2 Å². The number of aromatic nitrogens is 1. The topological polar surface area (TPSA) is 86.2 Å². The molecule has 18 heavy (non-hydrogen) atoms. The Balaban J connectivity index is 2.06. The van der Waals surface area contributed by atoms with E-state index in [0.717, 1.165) is 16.3 Å². The molecule has 0 spiro atoms. The molecule has 2 aromatic rings. The normalized spacial score (nSPS) is 13.7. The Morgan fingerprint density at radius 2 is 2.33 bits per heavy atom. The van der Waals surface area contributed by atoms with Gasteiger partial charge in [-0.15, -0.1) is 11.3 Å². The number of rotatable bonds is 5. The molecule has 2 N–H and O–H groups in total. The first-order valence-corrected chi connectivity index (χ1v) is 8.31. The molecular weight excluding hydrogens is 272 g/mol. The molecule has 1 atom stereocenters. The van der Waals surface area contributed by atoms with E-state index in [0.29, 0.717) is 6.42 Å². The van der Waals surface area contributed by atoms with Crippen LogP contribution in [0.3, 0.4) is 0 Å². The molecule has 2 rings (SSSR count). The smallest absolute Gasteiger partial charge is 0.147 e. The molecule has 0 radical (unpaired) electrons. The van der Waals surface area contributed by atoms with E-state index in [1.165, 1.54) is 17.6 Å². The van der Waals surface area contributed by atoms with Crippen LogP contribution in [0, 0.1) is 0 Å². The van der Waals surface area contributed by atoms with Gasteiger partial charge < -0.3 is 10.2 Å². The summed E-state index contributed by atoms with van der Waals surface area (Å²) in [5.74, 6) is 0.0761. The van der Waals surface area contributed by atoms with Gasteiger partial charge in [0.05, 0.1) is 17.7 Å². The zero-order valence-electron chi connectivity index (χ0n) is 9.87. The minimum atomic E-state index is -2.98. The maximum Gasteiger partial charge on any atom is 0.147 e. The monoisotopic (exact) mass is 286 g/mol. The van der Waals surface area contributed by atoms with Crippen LogP contribution >= 0.6 is 11.3 Å². The summed E-state index contributed by atoms with van der Waals surface area (Å²) in [6, 6.07) is 1.47. The Morgan fingerprint density at radius 1 is 1.56 bits per heavy atom. The third-order valence-electron chi connectivity index (χ3n) is 2.47. The van der Waals surface area contributed by atoms with Crippen LogP contribution in [-0.4, -0.2) is 25.4 Å². The van der Waals surface area contributed by atoms with Gasteiger partial charge >= 0.3 is 0 Å². The summed E-state index contributed by atoms with van der Waals surface area (Å²) in [6.07, 6.45) is 4.79. The van der Waals surface area contributed by atoms with E-state index in [1.54, 1.807) is 12.5 Å². The molecule has 0 aliphatic heterocycles. The van der Waals surface area contributed by atoms with Gasteiger partial charge in [0.15, 0.2) is 0 Å². The first-order valence-electron chi connectivity index (χ1n) is 5.37. The molecule has 0 aliphatic carbocycles. The van der Waals surface area contributed by atoms with E-state index in [1.807, 2.05) is 11.4 Å². The second kappa shape index (κ2) is 5.21. The molecule has 0 saturated heterocycles. The molecule has 2 aromatic heterocycles. The van der Waals surface area contributed by atoms with Crippen molar-refractivity contribution in [1.82, 2.24) is 4.98 Å². The lowest BCUT2D eigenvalue weighted by atomic mass is 10.2. The molecule has 0 bridgehead atoms. The predicted octanol–water partition coefficient (Wildman–Crippen LogP) is 1.84. The van der Waals surface area contributed by atoms with Gasteiger partial charge in [0, 0.05) is 23.2 Å². The molecule has 2 heterocycles. The van der Waals surface area contributed by atoms with E-state index in [2.05, 4.69) is 4.98 Å². The van der Waals surface area contributed by atoms with Crippen LogP contribution in [0.25, 0.3) is 10.6 Å². The highest BCUT2D eigenvalue weighted by Crippen LogP contribution is 2.26. The molecule has 5 nitrogen and oxygen atoms in total. The predicted molar refractivity (Wildman–Crippen MR) is 71.1 cm³/mol. The summed E-state index contributed by atoms with van der Waals surface area (Å²) in [7, 11) is -2.98. The third kappa shape index (κ3) is 3.41. The largest absolute Gasteiger partial charge is 0.472 e. The number of sulfone groups is 1. The van der Waals surface area contributed by atoms with E-state index in [9.17, 15) is 8.42 Å². The molecule has 98 valence electrons. The van der Waals surface area contributed by atoms with Crippen molar-refractivity contribution in [3.05, 3.63) is 29.7 Å². The summed E-state index contributed by atoms with van der Waals surface area (Å²) in [5.41, 5.74) is 7.55. The fourth-order valence-electron chi connectivity index (χ4n) is 1.46. The standard InChI is InChI=1S/C11H14N2O3S2/c1-18(14,15)5-3-9(12)10-7-17-11(13-10)8-2-4-16-6-8/h2,4,6-7,9H,3,5,12H2,1H3. The van der Waals surface area contributed by atoms with Crippen molar-refractivity contribution in [3.8, 4) is 10.6 Å². The second-order valence-corrected chi connectivity index (χ2v) is 7.23. The Morgan fingerprint density at radius 3 is 2.94 bits per heavy atom. The lowest BCUT2D eigenvalue weighted by Crippen LogP contribution is -2.15. The average molecular weight is 286 g/mol. The van der Waals surface area contributed by atoms with Crippen LogP contribution in [0.4, 0.5) is 0 Å². The highest BCUT2D eigenvalue weighted by atomic mass is 32.2. The summed E-state index contributed by atoms with van der Waals surface area (Å²) >= 11 is 1.47. The molecule has 0 saturated carbocycles. The Bertz CT molecular complexity index is 602. The van der Waals surface area contributed by atoms with Gasteiger partial charge in [-0.1, -0.05) is 0 Å². The zero-order chi connectivity index (χ0) is 13.2. The Hall–Kier alpha value is -1.18. The highest BCUT2D eigenvalue weighted by Gasteiger charge is 2.14. The lowest BCUT2D eigenvalue weighted by molar-refractivity contribution is 0.568. The molecule has 0 fully saturated rings. The second-order valence-electron chi connectivity index (χ2n) is 4.11. The van der Waals surface area contributed by atoms with Gasteiger partial charge in [-0.2, -0.15) is 0 Å². The van der Waals surface area contributed by atoms with E-state index >= 15 is 0 Å². The van der Waals surface area contributed by atoms with Crippen LogP contribution in [0.5, 0.6) is 0 Å². The summed E-state index contributed by atoms with van der Waals surface area (Å²) in [5, 5.41) is 2.68. The maximum atomic E-state index is 11.1.